The van der Waals surface area contributed by atoms with Gasteiger partial charge in [0.2, 0.25) is 0 Å². The summed E-state index contributed by atoms with van der Waals surface area (Å²) in [6.45, 7) is 1.55. The molecule has 2 aliphatic rings. The fourth-order valence-corrected chi connectivity index (χ4v) is 8.29. The molecular formula is C11H20O12S4. The van der Waals surface area contributed by atoms with Gasteiger partial charge in [0.1, 0.15) is 22.7 Å². The second-order valence-electron chi connectivity index (χ2n) is 6.87. The van der Waals surface area contributed by atoms with E-state index in [2.05, 4.69) is 8.37 Å². The number of rotatable bonds is 8. The molecule has 0 bridgehead atoms. The Kier molecular flexibility index (Phi) is 6.08. The normalized spacial score (nSPS) is 33.3. The minimum absolute atomic E-state index is 0.405. The van der Waals surface area contributed by atoms with Gasteiger partial charge in [-0.2, -0.15) is 33.7 Å². The summed E-state index contributed by atoms with van der Waals surface area (Å²) in [6.07, 6.45) is -0.405. The quantitative estimate of drug-likeness (QED) is 0.367. The summed E-state index contributed by atoms with van der Waals surface area (Å²) in [6, 6.07) is 0. The summed E-state index contributed by atoms with van der Waals surface area (Å²) in [5.41, 5.74) is -3.17. The topological polar surface area (TPSA) is 173 Å². The lowest BCUT2D eigenvalue weighted by Gasteiger charge is -2.21. The van der Waals surface area contributed by atoms with Crippen molar-refractivity contribution in [2.75, 3.05) is 36.2 Å². The van der Waals surface area contributed by atoms with Crippen LogP contribution in [0.3, 0.4) is 0 Å². The molecule has 0 saturated carbocycles. The van der Waals surface area contributed by atoms with Crippen LogP contribution in [0.2, 0.25) is 0 Å². The van der Waals surface area contributed by atoms with Crippen LogP contribution in [0.4, 0.5) is 0 Å². The van der Waals surface area contributed by atoms with Gasteiger partial charge in [-0.05, 0) is 20.3 Å². The van der Waals surface area contributed by atoms with Gasteiger partial charge < -0.3 is 0 Å². The van der Waals surface area contributed by atoms with Gasteiger partial charge in [0, 0.05) is 0 Å². The average molecular weight is 473 g/mol. The standard InChI is InChI=1S/C11H20O12S4/c1-10(6-20-26(16,17)8-10)22-24(12,13)4-3-5-25(14,15)23-11(2)7-21-27(18,19)9-11/h3-9H2,1-2H3. The predicted octanol–water partition coefficient (Wildman–Crippen LogP) is -1.69. The Hall–Kier alpha value is -0.360. The van der Waals surface area contributed by atoms with E-state index in [0.717, 1.165) is 0 Å². The SMILES string of the molecule is CC1(OS(=O)(=O)CCCS(=O)(=O)OC2(C)COS(=O)(=O)C2)COS(=O)(=O)C1. The van der Waals surface area contributed by atoms with Gasteiger partial charge in [0.05, 0.1) is 24.7 Å². The molecule has 2 rings (SSSR count). The second kappa shape index (κ2) is 7.16. The van der Waals surface area contributed by atoms with Crippen LogP contribution in [0.25, 0.3) is 0 Å². The molecule has 2 saturated heterocycles. The van der Waals surface area contributed by atoms with Crippen molar-refractivity contribution in [1.29, 1.82) is 0 Å². The Labute approximate surface area is 158 Å². The van der Waals surface area contributed by atoms with E-state index in [1.54, 1.807) is 0 Å². The van der Waals surface area contributed by atoms with Crippen molar-refractivity contribution in [3.05, 3.63) is 0 Å². The van der Waals surface area contributed by atoms with Crippen LogP contribution < -0.4 is 0 Å². The third-order valence-corrected chi connectivity index (χ3v) is 9.27. The molecule has 0 aromatic carbocycles. The maximum absolute atomic E-state index is 12.0. The highest BCUT2D eigenvalue weighted by Gasteiger charge is 2.45. The Balaban J connectivity index is 1.89. The fourth-order valence-electron chi connectivity index (χ4n) is 2.55. The highest BCUT2D eigenvalue weighted by molar-refractivity contribution is 7.88. The summed E-state index contributed by atoms with van der Waals surface area (Å²) in [4.78, 5) is 0. The molecule has 0 amide bonds. The summed E-state index contributed by atoms with van der Waals surface area (Å²) in [7, 11) is -16.2. The lowest BCUT2D eigenvalue weighted by Crippen LogP contribution is -2.38. The molecule has 2 atom stereocenters. The van der Waals surface area contributed by atoms with Crippen LogP contribution in [0.1, 0.15) is 20.3 Å². The van der Waals surface area contributed by atoms with Crippen LogP contribution in [-0.2, 0) is 57.2 Å². The van der Waals surface area contributed by atoms with Gasteiger partial charge in [-0.25, -0.2) is 0 Å². The molecule has 0 N–H and O–H groups in total. The molecule has 0 aromatic heterocycles. The van der Waals surface area contributed by atoms with Gasteiger partial charge in [0.25, 0.3) is 40.5 Å². The third-order valence-electron chi connectivity index (χ3n) is 3.50. The monoisotopic (exact) mass is 472 g/mol. The first-order valence-corrected chi connectivity index (χ1v) is 13.9. The summed E-state index contributed by atoms with van der Waals surface area (Å²) < 4.78 is 112. The highest BCUT2D eigenvalue weighted by atomic mass is 32.2. The molecule has 27 heavy (non-hydrogen) atoms. The van der Waals surface area contributed by atoms with E-state index in [1.165, 1.54) is 13.8 Å². The van der Waals surface area contributed by atoms with E-state index in [4.69, 9.17) is 8.37 Å². The molecule has 0 aliphatic carbocycles. The van der Waals surface area contributed by atoms with E-state index in [1.807, 2.05) is 0 Å². The molecule has 2 heterocycles. The largest absolute Gasteiger partial charge is 0.270 e. The summed E-state index contributed by atoms with van der Waals surface area (Å²) >= 11 is 0. The third kappa shape index (κ3) is 6.88. The molecule has 0 radical (unpaired) electrons. The zero-order chi connectivity index (χ0) is 20.8. The molecule has 12 nitrogen and oxygen atoms in total. The van der Waals surface area contributed by atoms with Crippen molar-refractivity contribution in [2.45, 2.75) is 31.5 Å². The van der Waals surface area contributed by atoms with Crippen molar-refractivity contribution in [3.8, 4) is 0 Å². The Morgan fingerprint density at radius 3 is 1.37 bits per heavy atom. The van der Waals surface area contributed by atoms with Crippen molar-refractivity contribution < 1.29 is 50.4 Å². The predicted molar refractivity (Wildman–Crippen MR) is 90.6 cm³/mol. The second-order valence-corrected chi connectivity index (χ2v) is 13.5. The first kappa shape index (κ1) is 22.9. The molecule has 0 aromatic rings. The van der Waals surface area contributed by atoms with Gasteiger partial charge in [-0.3, -0.25) is 16.7 Å². The minimum Gasteiger partial charge on any atom is -0.267 e. The Morgan fingerprint density at radius 2 is 1.11 bits per heavy atom. The molecule has 2 aliphatic heterocycles. The molecule has 160 valence electrons. The van der Waals surface area contributed by atoms with Crippen LogP contribution >= 0.6 is 0 Å². The average Bonchev–Trinajstić information content (AvgIpc) is 2.82. The smallest absolute Gasteiger partial charge is 0.267 e. The maximum Gasteiger partial charge on any atom is 0.270 e. The van der Waals surface area contributed by atoms with Crippen LogP contribution in [0.5, 0.6) is 0 Å². The van der Waals surface area contributed by atoms with E-state index >= 15 is 0 Å². The maximum atomic E-state index is 12.0. The Bertz CT molecular complexity index is 912. The van der Waals surface area contributed by atoms with Crippen molar-refractivity contribution in [2.24, 2.45) is 0 Å². The van der Waals surface area contributed by atoms with Crippen molar-refractivity contribution >= 4 is 40.5 Å². The van der Waals surface area contributed by atoms with Crippen LogP contribution in [-0.4, -0.2) is 81.1 Å². The van der Waals surface area contributed by atoms with Gasteiger partial charge in [-0.1, -0.05) is 0 Å². The number of hydrogen-bond acceptors (Lipinski definition) is 12. The molecule has 0 spiro atoms. The number of hydrogen-bond donors (Lipinski definition) is 0. The van der Waals surface area contributed by atoms with E-state index in [9.17, 15) is 33.7 Å². The molecule has 2 unspecified atom stereocenters. The fraction of sp³-hybridized carbons (Fsp3) is 1.00. The van der Waals surface area contributed by atoms with E-state index < -0.39 is 94.3 Å². The first-order valence-electron chi connectivity index (χ1n) is 7.55. The highest BCUT2D eigenvalue weighted by Crippen LogP contribution is 2.27. The van der Waals surface area contributed by atoms with Crippen molar-refractivity contribution in [1.82, 2.24) is 0 Å². The zero-order valence-corrected chi connectivity index (χ0v) is 17.7. The van der Waals surface area contributed by atoms with Crippen molar-refractivity contribution in [3.63, 3.8) is 0 Å². The molecule has 16 heteroatoms. The lowest BCUT2D eigenvalue weighted by molar-refractivity contribution is 0.0896. The van der Waals surface area contributed by atoms with Gasteiger partial charge in [-0.15, -0.1) is 0 Å². The zero-order valence-electron chi connectivity index (χ0n) is 14.5. The van der Waals surface area contributed by atoms with E-state index in [-0.39, 0.29) is 0 Å². The molecular weight excluding hydrogens is 452 g/mol. The first-order chi connectivity index (χ1) is 11.9. The van der Waals surface area contributed by atoms with Crippen LogP contribution in [0, 0.1) is 0 Å². The van der Waals surface area contributed by atoms with Gasteiger partial charge >= 0.3 is 0 Å². The van der Waals surface area contributed by atoms with Crippen LogP contribution in [0.15, 0.2) is 0 Å². The summed E-state index contributed by atoms with van der Waals surface area (Å²) in [5.74, 6) is -2.71. The minimum atomic E-state index is -4.24. The molecule has 2 fully saturated rings. The lowest BCUT2D eigenvalue weighted by atomic mass is 10.2. The van der Waals surface area contributed by atoms with E-state index in [0.29, 0.717) is 0 Å². The Morgan fingerprint density at radius 1 is 0.778 bits per heavy atom. The summed E-state index contributed by atoms with van der Waals surface area (Å²) in [5, 5.41) is 0. The van der Waals surface area contributed by atoms with Gasteiger partial charge in [0.15, 0.2) is 0 Å².